The molecular formula is C12H7FN2. The fourth-order valence-electron chi connectivity index (χ4n) is 1.71. The Bertz CT molecular complexity index is 550. The van der Waals surface area contributed by atoms with E-state index >= 15 is 0 Å². The van der Waals surface area contributed by atoms with Gasteiger partial charge in [0.25, 0.3) is 0 Å². The lowest BCUT2D eigenvalue weighted by Crippen LogP contribution is -1.90. The zero-order valence-electron chi connectivity index (χ0n) is 7.81. The minimum atomic E-state index is -0.241. The van der Waals surface area contributed by atoms with Gasteiger partial charge in [0.05, 0.1) is 11.4 Å². The van der Waals surface area contributed by atoms with Gasteiger partial charge < -0.3 is 0 Å². The van der Waals surface area contributed by atoms with Crippen LogP contribution in [0.4, 0.5) is 4.39 Å². The Morgan fingerprint density at radius 1 is 1.07 bits per heavy atom. The van der Waals surface area contributed by atoms with Crippen LogP contribution in [0.5, 0.6) is 0 Å². The second-order valence-electron chi connectivity index (χ2n) is 3.33. The summed E-state index contributed by atoms with van der Waals surface area (Å²) < 4.78 is 13.5. The van der Waals surface area contributed by atoms with Gasteiger partial charge in [0.15, 0.2) is 0 Å². The maximum atomic E-state index is 13.5. The summed E-state index contributed by atoms with van der Waals surface area (Å²) >= 11 is 0. The van der Waals surface area contributed by atoms with Gasteiger partial charge in [-0.15, -0.1) is 0 Å². The maximum absolute atomic E-state index is 13.5. The molecule has 1 aromatic rings. The van der Waals surface area contributed by atoms with Crippen molar-refractivity contribution in [2.45, 2.75) is 0 Å². The fourth-order valence-corrected chi connectivity index (χ4v) is 1.71. The van der Waals surface area contributed by atoms with Gasteiger partial charge in [0, 0.05) is 23.6 Å². The summed E-state index contributed by atoms with van der Waals surface area (Å²) in [6.07, 6.45) is 5.16. The zero-order chi connectivity index (χ0) is 10.3. The van der Waals surface area contributed by atoms with Crippen molar-refractivity contribution >= 4 is 18.0 Å². The quantitative estimate of drug-likeness (QED) is 0.662. The van der Waals surface area contributed by atoms with Crippen LogP contribution in [0.3, 0.4) is 0 Å². The van der Waals surface area contributed by atoms with E-state index in [2.05, 4.69) is 9.98 Å². The minimum absolute atomic E-state index is 0.241. The first-order chi connectivity index (χ1) is 7.36. The molecule has 0 bridgehead atoms. The van der Waals surface area contributed by atoms with Gasteiger partial charge in [0.2, 0.25) is 0 Å². The number of allylic oxidation sites excluding steroid dienone is 2. The third-order valence-electron chi connectivity index (χ3n) is 2.43. The first-order valence-electron chi connectivity index (χ1n) is 4.64. The van der Waals surface area contributed by atoms with E-state index < -0.39 is 0 Å². The Balaban J connectivity index is 2.21. The molecule has 2 heterocycles. The van der Waals surface area contributed by atoms with E-state index in [1.807, 2.05) is 6.08 Å². The van der Waals surface area contributed by atoms with Crippen LogP contribution in [0, 0.1) is 5.82 Å². The van der Waals surface area contributed by atoms with Crippen LogP contribution in [-0.4, -0.2) is 12.4 Å². The molecule has 3 rings (SSSR count). The zero-order valence-corrected chi connectivity index (χ0v) is 7.81. The fraction of sp³-hybridized carbons (Fsp3) is 0. The number of nitrogens with zero attached hydrogens (tertiary/aromatic N) is 2. The molecule has 0 spiro atoms. The van der Waals surface area contributed by atoms with Crippen molar-refractivity contribution in [2.24, 2.45) is 9.98 Å². The monoisotopic (exact) mass is 198 g/mol. The van der Waals surface area contributed by atoms with Crippen LogP contribution < -0.4 is 0 Å². The third-order valence-corrected chi connectivity index (χ3v) is 2.43. The van der Waals surface area contributed by atoms with Crippen molar-refractivity contribution in [1.29, 1.82) is 0 Å². The molecular weight excluding hydrogens is 191 g/mol. The summed E-state index contributed by atoms with van der Waals surface area (Å²) in [7, 11) is 0. The SMILES string of the molecule is Fc1ccccc1C1=C2N=CC=C2N=C1. The van der Waals surface area contributed by atoms with Crippen LogP contribution in [0.25, 0.3) is 5.57 Å². The normalized spacial score (nSPS) is 17.3. The number of benzene rings is 1. The smallest absolute Gasteiger partial charge is 0.131 e. The van der Waals surface area contributed by atoms with Crippen LogP contribution in [-0.2, 0) is 0 Å². The van der Waals surface area contributed by atoms with E-state index in [4.69, 9.17) is 0 Å². The molecule has 2 nitrogen and oxygen atoms in total. The van der Waals surface area contributed by atoms with E-state index in [1.165, 1.54) is 6.07 Å². The van der Waals surface area contributed by atoms with Crippen LogP contribution in [0.2, 0.25) is 0 Å². The molecule has 0 atom stereocenters. The Kier molecular flexibility index (Phi) is 1.65. The summed E-state index contributed by atoms with van der Waals surface area (Å²) in [5.41, 5.74) is 2.89. The first kappa shape index (κ1) is 8.29. The highest BCUT2D eigenvalue weighted by molar-refractivity contribution is 6.16. The van der Waals surface area contributed by atoms with Crippen molar-refractivity contribution in [1.82, 2.24) is 0 Å². The molecule has 0 radical (unpaired) electrons. The van der Waals surface area contributed by atoms with Crippen molar-refractivity contribution in [3.05, 3.63) is 53.1 Å². The predicted molar refractivity (Wildman–Crippen MR) is 58.4 cm³/mol. The van der Waals surface area contributed by atoms with Gasteiger partial charge in [-0.05, 0) is 12.1 Å². The van der Waals surface area contributed by atoms with E-state index in [1.54, 1.807) is 30.6 Å². The summed E-state index contributed by atoms with van der Waals surface area (Å²) in [6.45, 7) is 0. The Morgan fingerprint density at radius 2 is 1.93 bits per heavy atom. The molecule has 0 unspecified atom stereocenters. The Hall–Kier alpha value is -2.03. The number of hydrogen-bond acceptors (Lipinski definition) is 2. The first-order valence-corrected chi connectivity index (χ1v) is 4.64. The standard InChI is InChI=1S/C12H7FN2/c13-10-4-2-1-3-8(10)9-7-15-11-5-6-14-12(9)11/h1-7H. The summed E-state index contributed by atoms with van der Waals surface area (Å²) in [5.74, 6) is -0.241. The lowest BCUT2D eigenvalue weighted by atomic mass is 10.1. The number of fused-ring (bicyclic) bond motifs is 1. The molecule has 3 heteroatoms. The van der Waals surface area contributed by atoms with E-state index in [-0.39, 0.29) is 5.82 Å². The highest BCUT2D eigenvalue weighted by atomic mass is 19.1. The third kappa shape index (κ3) is 1.16. The molecule has 0 saturated carbocycles. The Morgan fingerprint density at radius 3 is 2.80 bits per heavy atom. The molecule has 2 aliphatic heterocycles. The highest BCUT2D eigenvalue weighted by Gasteiger charge is 2.20. The van der Waals surface area contributed by atoms with E-state index in [9.17, 15) is 4.39 Å². The molecule has 0 saturated heterocycles. The van der Waals surface area contributed by atoms with Crippen LogP contribution >= 0.6 is 0 Å². The lowest BCUT2D eigenvalue weighted by molar-refractivity contribution is 0.624. The molecule has 15 heavy (non-hydrogen) atoms. The van der Waals surface area contributed by atoms with Crippen LogP contribution in [0.15, 0.2) is 51.7 Å². The maximum Gasteiger partial charge on any atom is 0.131 e. The average molecular weight is 198 g/mol. The van der Waals surface area contributed by atoms with Crippen molar-refractivity contribution in [2.75, 3.05) is 0 Å². The molecule has 0 aromatic heterocycles. The summed E-state index contributed by atoms with van der Waals surface area (Å²) in [4.78, 5) is 8.33. The molecule has 2 aliphatic rings. The van der Waals surface area contributed by atoms with Gasteiger partial charge in [-0.25, -0.2) is 4.39 Å². The molecule has 1 aromatic carbocycles. The Labute approximate surface area is 86.2 Å². The molecule has 0 amide bonds. The number of halogens is 1. The summed E-state index contributed by atoms with van der Waals surface area (Å²) in [5, 5.41) is 0. The van der Waals surface area contributed by atoms with Crippen LogP contribution in [0.1, 0.15) is 5.56 Å². The van der Waals surface area contributed by atoms with Gasteiger partial charge in [-0.3, -0.25) is 9.98 Å². The van der Waals surface area contributed by atoms with E-state index in [0.717, 1.165) is 17.0 Å². The molecule has 0 N–H and O–H groups in total. The number of rotatable bonds is 1. The van der Waals surface area contributed by atoms with Gasteiger partial charge >= 0.3 is 0 Å². The van der Waals surface area contributed by atoms with Gasteiger partial charge in [-0.2, -0.15) is 0 Å². The molecule has 0 aliphatic carbocycles. The predicted octanol–water partition coefficient (Wildman–Crippen LogP) is 2.59. The van der Waals surface area contributed by atoms with Crippen molar-refractivity contribution in [3.63, 3.8) is 0 Å². The topological polar surface area (TPSA) is 24.7 Å². The molecule has 0 fully saturated rings. The largest absolute Gasteiger partial charge is 0.254 e. The molecule has 72 valence electrons. The second kappa shape index (κ2) is 2.98. The van der Waals surface area contributed by atoms with Crippen molar-refractivity contribution < 1.29 is 4.39 Å². The lowest BCUT2D eigenvalue weighted by Gasteiger charge is -2.01. The van der Waals surface area contributed by atoms with Gasteiger partial charge in [-0.1, -0.05) is 18.2 Å². The van der Waals surface area contributed by atoms with Gasteiger partial charge in [0.1, 0.15) is 5.82 Å². The number of hydrogen-bond donors (Lipinski definition) is 0. The summed E-state index contributed by atoms with van der Waals surface area (Å²) in [6, 6.07) is 6.66. The minimum Gasteiger partial charge on any atom is -0.254 e. The highest BCUT2D eigenvalue weighted by Crippen LogP contribution is 2.32. The van der Waals surface area contributed by atoms with E-state index in [0.29, 0.717) is 5.56 Å². The second-order valence-corrected chi connectivity index (χ2v) is 3.33. The van der Waals surface area contributed by atoms with Crippen molar-refractivity contribution in [3.8, 4) is 0 Å². The average Bonchev–Trinajstić information content (AvgIpc) is 2.80. The number of aliphatic imine (C=N–C) groups is 2.